The monoisotopic (exact) mass is 272 g/mol. The van der Waals surface area contributed by atoms with E-state index in [1.807, 2.05) is 6.92 Å². The minimum absolute atomic E-state index is 0.0936. The Hall–Kier alpha value is -1.56. The number of para-hydroxylation sites is 1. The lowest BCUT2D eigenvalue weighted by molar-refractivity contribution is -0.136. The average molecular weight is 272 g/mol. The second kappa shape index (κ2) is 4.97. The predicted molar refractivity (Wildman–Crippen MR) is 65.6 cm³/mol. The summed E-state index contributed by atoms with van der Waals surface area (Å²) in [6.45, 7) is 2.20. The Morgan fingerprint density at radius 2 is 2.00 bits per heavy atom. The SMILES string of the molecule is Cc1ncc(CNc2ccccc2C(F)(F)F)s1. The van der Waals surface area contributed by atoms with Gasteiger partial charge in [-0.2, -0.15) is 13.2 Å². The van der Waals surface area contributed by atoms with Gasteiger partial charge in [0.15, 0.2) is 0 Å². The van der Waals surface area contributed by atoms with Gasteiger partial charge in [-0.15, -0.1) is 11.3 Å². The lowest BCUT2D eigenvalue weighted by Crippen LogP contribution is -2.10. The predicted octanol–water partition coefficient (Wildman–Crippen LogP) is 4.08. The second-order valence-corrected chi connectivity index (χ2v) is 5.06. The van der Waals surface area contributed by atoms with Gasteiger partial charge in [0.2, 0.25) is 0 Å². The average Bonchev–Trinajstić information content (AvgIpc) is 2.72. The van der Waals surface area contributed by atoms with Crippen molar-refractivity contribution in [3.8, 4) is 0 Å². The van der Waals surface area contributed by atoms with Gasteiger partial charge in [0.05, 0.1) is 17.1 Å². The highest BCUT2D eigenvalue weighted by Gasteiger charge is 2.32. The summed E-state index contributed by atoms with van der Waals surface area (Å²) < 4.78 is 38.2. The molecule has 0 unspecified atom stereocenters. The molecule has 0 fully saturated rings. The number of aromatic nitrogens is 1. The van der Waals surface area contributed by atoms with Crippen LogP contribution in [-0.2, 0) is 12.7 Å². The number of rotatable bonds is 3. The molecule has 0 saturated carbocycles. The first-order valence-corrected chi connectivity index (χ1v) is 6.10. The topological polar surface area (TPSA) is 24.9 Å². The molecule has 0 radical (unpaired) electrons. The third-order valence-corrected chi connectivity index (χ3v) is 3.27. The van der Waals surface area contributed by atoms with Crippen LogP contribution in [0, 0.1) is 6.92 Å². The zero-order valence-electron chi connectivity index (χ0n) is 9.58. The number of anilines is 1. The Morgan fingerprint density at radius 1 is 1.28 bits per heavy atom. The van der Waals surface area contributed by atoms with Crippen LogP contribution in [0.4, 0.5) is 18.9 Å². The third kappa shape index (κ3) is 3.01. The van der Waals surface area contributed by atoms with E-state index >= 15 is 0 Å². The van der Waals surface area contributed by atoms with Crippen molar-refractivity contribution in [3.63, 3.8) is 0 Å². The first-order chi connectivity index (χ1) is 8.47. The summed E-state index contributed by atoms with van der Waals surface area (Å²) in [5.41, 5.74) is -0.553. The van der Waals surface area contributed by atoms with Gasteiger partial charge in [-0.05, 0) is 19.1 Å². The van der Waals surface area contributed by atoms with Gasteiger partial charge in [-0.1, -0.05) is 12.1 Å². The molecule has 1 N–H and O–H groups in total. The molecule has 0 bridgehead atoms. The molecule has 0 amide bonds. The van der Waals surface area contributed by atoms with Gasteiger partial charge >= 0.3 is 6.18 Å². The number of thiazole rings is 1. The van der Waals surface area contributed by atoms with E-state index in [2.05, 4.69) is 10.3 Å². The number of alkyl halides is 3. The number of nitrogens with one attached hydrogen (secondary N) is 1. The molecule has 96 valence electrons. The normalized spacial score (nSPS) is 11.6. The van der Waals surface area contributed by atoms with Crippen LogP contribution in [0.25, 0.3) is 0 Å². The largest absolute Gasteiger partial charge is 0.418 e. The van der Waals surface area contributed by atoms with E-state index in [-0.39, 0.29) is 5.69 Å². The number of benzene rings is 1. The molecule has 6 heteroatoms. The fraction of sp³-hybridized carbons (Fsp3) is 0.250. The highest BCUT2D eigenvalue weighted by molar-refractivity contribution is 7.11. The number of hydrogen-bond acceptors (Lipinski definition) is 3. The maximum absolute atomic E-state index is 12.7. The highest BCUT2D eigenvalue weighted by atomic mass is 32.1. The number of halogens is 3. The standard InChI is InChI=1S/C12H11F3N2S/c1-8-16-6-9(18-8)7-17-11-5-3-2-4-10(11)12(13,14)15/h2-6,17H,7H2,1H3. The molecular weight excluding hydrogens is 261 g/mol. The summed E-state index contributed by atoms with van der Waals surface area (Å²) >= 11 is 1.47. The van der Waals surface area contributed by atoms with Crippen molar-refractivity contribution >= 4 is 17.0 Å². The van der Waals surface area contributed by atoms with Gasteiger partial charge in [-0.25, -0.2) is 4.98 Å². The van der Waals surface area contributed by atoms with Crippen LogP contribution in [0.15, 0.2) is 30.5 Å². The number of hydrogen-bond donors (Lipinski definition) is 1. The first kappa shape index (κ1) is 12.9. The van der Waals surface area contributed by atoms with Crippen LogP contribution in [0.2, 0.25) is 0 Å². The molecule has 1 heterocycles. The van der Waals surface area contributed by atoms with Crippen LogP contribution in [-0.4, -0.2) is 4.98 Å². The minimum Gasteiger partial charge on any atom is -0.380 e. The van der Waals surface area contributed by atoms with Crippen molar-refractivity contribution in [2.75, 3.05) is 5.32 Å². The summed E-state index contributed by atoms with van der Waals surface area (Å²) in [7, 11) is 0. The quantitative estimate of drug-likeness (QED) is 0.910. The van der Waals surface area contributed by atoms with Gasteiger partial charge in [0, 0.05) is 16.8 Å². The molecule has 0 aliphatic rings. The maximum atomic E-state index is 12.7. The Bertz CT molecular complexity index is 534. The molecule has 1 aromatic carbocycles. The van der Waals surface area contributed by atoms with Gasteiger partial charge < -0.3 is 5.32 Å². The van der Waals surface area contributed by atoms with E-state index in [1.165, 1.54) is 23.5 Å². The molecule has 0 aliphatic carbocycles. The van der Waals surface area contributed by atoms with Gasteiger partial charge in [0.1, 0.15) is 0 Å². The van der Waals surface area contributed by atoms with Crippen molar-refractivity contribution in [1.29, 1.82) is 0 Å². The lowest BCUT2D eigenvalue weighted by atomic mass is 10.1. The van der Waals surface area contributed by atoms with Crippen LogP contribution in [0.3, 0.4) is 0 Å². The molecule has 2 rings (SSSR count). The van der Waals surface area contributed by atoms with Crippen LogP contribution in [0.1, 0.15) is 15.4 Å². The van der Waals surface area contributed by atoms with Crippen LogP contribution < -0.4 is 5.32 Å². The van der Waals surface area contributed by atoms with Crippen molar-refractivity contribution in [1.82, 2.24) is 4.98 Å². The van der Waals surface area contributed by atoms with Gasteiger partial charge in [0.25, 0.3) is 0 Å². The molecule has 0 aliphatic heterocycles. The highest BCUT2D eigenvalue weighted by Crippen LogP contribution is 2.34. The smallest absolute Gasteiger partial charge is 0.380 e. The summed E-state index contributed by atoms with van der Waals surface area (Å²) in [6.07, 6.45) is -2.67. The molecule has 0 saturated heterocycles. The van der Waals surface area contributed by atoms with Crippen molar-refractivity contribution in [3.05, 3.63) is 45.9 Å². The summed E-state index contributed by atoms with van der Waals surface area (Å²) in [5, 5.41) is 3.70. The molecule has 2 aromatic rings. The van der Waals surface area contributed by atoms with E-state index in [0.29, 0.717) is 6.54 Å². The maximum Gasteiger partial charge on any atom is 0.418 e. The fourth-order valence-corrected chi connectivity index (χ4v) is 2.29. The Morgan fingerprint density at radius 3 is 2.61 bits per heavy atom. The van der Waals surface area contributed by atoms with E-state index in [1.54, 1.807) is 12.3 Å². The Labute approximate surface area is 106 Å². The van der Waals surface area contributed by atoms with Crippen molar-refractivity contribution < 1.29 is 13.2 Å². The number of nitrogens with zero attached hydrogens (tertiary/aromatic N) is 1. The third-order valence-electron chi connectivity index (χ3n) is 2.35. The molecule has 1 aromatic heterocycles. The second-order valence-electron chi connectivity index (χ2n) is 3.74. The zero-order chi connectivity index (χ0) is 13.2. The van der Waals surface area contributed by atoms with Crippen LogP contribution >= 0.6 is 11.3 Å². The number of aryl methyl sites for hydroxylation is 1. The Balaban J connectivity index is 2.14. The van der Waals surface area contributed by atoms with E-state index < -0.39 is 11.7 Å². The van der Waals surface area contributed by atoms with E-state index in [0.717, 1.165) is 16.0 Å². The van der Waals surface area contributed by atoms with Crippen molar-refractivity contribution in [2.24, 2.45) is 0 Å². The summed E-state index contributed by atoms with van der Waals surface area (Å²) in [4.78, 5) is 4.96. The molecule has 18 heavy (non-hydrogen) atoms. The van der Waals surface area contributed by atoms with E-state index in [4.69, 9.17) is 0 Å². The first-order valence-electron chi connectivity index (χ1n) is 5.28. The zero-order valence-corrected chi connectivity index (χ0v) is 10.4. The fourth-order valence-electron chi connectivity index (χ4n) is 1.55. The lowest BCUT2D eigenvalue weighted by Gasteiger charge is -2.13. The molecule has 0 spiro atoms. The summed E-state index contributed by atoms with van der Waals surface area (Å²) in [6, 6.07) is 5.46. The van der Waals surface area contributed by atoms with Gasteiger partial charge in [-0.3, -0.25) is 0 Å². The van der Waals surface area contributed by atoms with Crippen molar-refractivity contribution in [2.45, 2.75) is 19.6 Å². The minimum atomic E-state index is -4.34. The van der Waals surface area contributed by atoms with E-state index in [9.17, 15) is 13.2 Å². The van der Waals surface area contributed by atoms with Crippen LogP contribution in [0.5, 0.6) is 0 Å². The molecular formula is C12H11F3N2S. The Kier molecular flexibility index (Phi) is 3.56. The molecule has 2 nitrogen and oxygen atoms in total. The molecule has 0 atom stereocenters. The summed E-state index contributed by atoms with van der Waals surface area (Å²) in [5.74, 6) is 0.